The number of carboxylic acid groups (broad SMARTS) is 1. The van der Waals surface area contributed by atoms with Gasteiger partial charge in [0.1, 0.15) is 0 Å². The Morgan fingerprint density at radius 1 is 1.19 bits per heavy atom. The Kier molecular flexibility index (Phi) is 3.73. The normalized spacial score (nSPS) is 11.7. The number of fused-ring (bicyclic) bond motifs is 2. The molecule has 0 saturated carbocycles. The van der Waals surface area contributed by atoms with Crippen molar-refractivity contribution < 1.29 is 18.3 Å². The topological polar surface area (TPSA) is 139 Å². The summed E-state index contributed by atoms with van der Waals surface area (Å²) in [5.74, 6) is -1.18. The summed E-state index contributed by atoms with van der Waals surface area (Å²) < 4.78 is 29.0. The lowest BCUT2D eigenvalue weighted by Crippen LogP contribution is -2.17. The van der Waals surface area contributed by atoms with Gasteiger partial charge in [-0.05, 0) is 25.1 Å². The molecule has 0 spiro atoms. The molecule has 0 saturated heterocycles. The number of aromatic carboxylic acids is 1. The van der Waals surface area contributed by atoms with Crippen LogP contribution in [0.1, 0.15) is 16.1 Å². The van der Waals surface area contributed by atoms with Crippen LogP contribution in [0.4, 0.5) is 5.69 Å². The number of nitrogens with one attached hydrogen (secondary N) is 1. The number of rotatable bonds is 4. The molecule has 3 heterocycles. The highest BCUT2D eigenvalue weighted by Gasteiger charge is 2.25. The first-order chi connectivity index (χ1) is 12.8. The van der Waals surface area contributed by atoms with Gasteiger partial charge < -0.3 is 5.11 Å². The minimum absolute atomic E-state index is 0.116. The van der Waals surface area contributed by atoms with E-state index in [0.29, 0.717) is 11.1 Å². The van der Waals surface area contributed by atoms with Gasteiger partial charge in [0.25, 0.3) is 21.0 Å². The van der Waals surface area contributed by atoms with E-state index in [9.17, 15) is 18.3 Å². The van der Waals surface area contributed by atoms with Crippen LogP contribution >= 0.6 is 0 Å². The molecule has 0 aliphatic carbocycles. The van der Waals surface area contributed by atoms with Crippen molar-refractivity contribution in [2.24, 2.45) is 0 Å². The number of aromatic nitrogens is 5. The molecular formula is C16H12N6O4S. The quantitative estimate of drug-likeness (QED) is 0.539. The zero-order valence-corrected chi connectivity index (χ0v) is 14.7. The van der Waals surface area contributed by atoms with E-state index in [1.807, 2.05) is 0 Å². The molecule has 3 aromatic heterocycles. The van der Waals surface area contributed by atoms with Crippen molar-refractivity contribution in [2.45, 2.75) is 12.1 Å². The van der Waals surface area contributed by atoms with Crippen molar-refractivity contribution in [3.63, 3.8) is 0 Å². The second-order valence-corrected chi connectivity index (χ2v) is 7.26. The van der Waals surface area contributed by atoms with Gasteiger partial charge in [-0.15, -0.1) is 5.10 Å². The first kappa shape index (κ1) is 16.8. The van der Waals surface area contributed by atoms with Crippen LogP contribution in [0.2, 0.25) is 0 Å². The molecule has 2 N–H and O–H groups in total. The fourth-order valence-corrected chi connectivity index (χ4v) is 3.53. The monoisotopic (exact) mass is 384 g/mol. The minimum atomic E-state index is -4.27. The van der Waals surface area contributed by atoms with Gasteiger partial charge in [-0.3, -0.25) is 9.71 Å². The lowest BCUT2D eigenvalue weighted by Gasteiger charge is -2.11. The predicted octanol–water partition coefficient (Wildman–Crippen LogP) is 1.48. The van der Waals surface area contributed by atoms with Crippen molar-refractivity contribution in [3.05, 3.63) is 54.0 Å². The lowest BCUT2D eigenvalue weighted by atomic mass is 10.1. The van der Waals surface area contributed by atoms with Crippen LogP contribution in [0.25, 0.3) is 16.7 Å². The number of anilines is 1. The predicted molar refractivity (Wildman–Crippen MR) is 95.0 cm³/mol. The Morgan fingerprint density at radius 2 is 2.00 bits per heavy atom. The van der Waals surface area contributed by atoms with Crippen LogP contribution in [-0.2, 0) is 10.0 Å². The summed E-state index contributed by atoms with van der Waals surface area (Å²) in [5, 5.41) is 13.4. The summed E-state index contributed by atoms with van der Waals surface area (Å²) in [7, 11) is -4.27. The number of pyridine rings is 1. The zero-order chi connectivity index (χ0) is 19.2. The Bertz CT molecular complexity index is 1320. The lowest BCUT2D eigenvalue weighted by molar-refractivity contribution is 0.0698. The van der Waals surface area contributed by atoms with Gasteiger partial charge >= 0.3 is 5.97 Å². The summed E-state index contributed by atoms with van der Waals surface area (Å²) in [6.07, 6.45) is 2.98. The number of aryl methyl sites for hydroxylation is 1. The van der Waals surface area contributed by atoms with E-state index in [1.54, 1.807) is 31.2 Å². The van der Waals surface area contributed by atoms with Gasteiger partial charge in [0.2, 0.25) is 0 Å². The highest BCUT2D eigenvalue weighted by atomic mass is 32.2. The van der Waals surface area contributed by atoms with Crippen molar-refractivity contribution >= 4 is 38.4 Å². The van der Waals surface area contributed by atoms with Gasteiger partial charge in [0.05, 0.1) is 16.8 Å². The van der Waals surface area contributed by atoms with Crippen LogP contribution < -0.4 is 4.72 Å². The molecular weight excluding hydrogens is 372 g/mol. The largest absolute Gasteiger partial charge is 0.478 e. The van der Waals surface area contributed by atoms with Crippen LogP contribution in [0.5, 0.6) is 0 Å². The number of hydrogen-bond acceptors (Lipinski definition) is 7. The number of hydrogen-bond donors (Lipinski definition) is 2. The molecule has 27 heavy (non-hydrogen) atoms. The molecule has 0 fully saturated rings. The van der Waals surface area contributed by atoms with Gasteiger partial charge in [-0.25, -0.2) is 14.3 Å². The van der Waals surface area contributed by atoms with E-state index in [-0.39, 0.29) is 22.5 Å². The molecule has 4 aromatic rings. The number of benzene rings is 1. The number of carbonyl (C=O) groups is 1. The van der Waals surface area contributed by atoms with E-state index in [1.165, 1.54) is 23.0 Å². The second kappa shape index (κ2) is 5.99. The molecule has 0 unspecified atom stereocenters. The smallest absolute Gasteiger partial charge is 0.337 e. The molecule has 0 aliphatic heterocycles. The third kappa shape index (κ3) is 2.93. The van der Waals surface area contributed by atoms with E-state index in [4.69, 9.17) is 0 Å². The van der Waals surface area contributed by atoms with Crippen LogP contribution in [0.15, 0.2) is 47.9 Å². The number of sulfonamides is 1. The molecule has 0 aliphatic rings. The third-order valence-corrected chi connectivity index (χ3v) is 4.94. The van der Waals surface area contributed by atoms with Crippen molar-refractivity contribution in [1.29, 1.82) is 0 Å². The van der Waals surface area contributed by atoms with Crippen molar-refractivity contribution in [3.8, 4) is 0 Å². The Morgan fingerprint density at radius 3 is 2.78 bits per heavy atom. The fraction of sp³-hybridized carbons (Fsp3) is 0.0625. The zero-order valence-electron chi connectivity index (χ0n) is 13.9. The molecule has 136 valence electrons. The Labute approximate surface area is 152 Å². The second-order valence-electron chi connectivity index (χ2n) is 5.68. The van der Waals surface area contributed by atoms with Gasteiger partial charge in [-0.1, -0.05) is 12.1 Å². The van der Waals surface area contributed by atoms with Crippen LogP contribution in [-0.4, -0.2) is 44.1 Å². The molecule has 0 amide bonds. The first-order valence-electron chi connectivity index (χ1n) is 7.69. The standard InChI is InChI=1S/C16H12N6O4S/c1-9-6-8-22-15(18-9)19-16(20-22)27(25,26)21-13-11(14(23)24)5-4-10-3-2-7-17-12(10)13/h2-8,21H,1H3,(H,23,24). The van der Waals surface area contributed by atoms with Gasteiger partial charge in [0.15, 0.2) is 0 Å². The maximum Gasteiger partial charge on any atom is 0.337 e. The SMILES string of the molecule is Cc1ccn2nc(S(=O)(=O)Nc3c(C(=O)O)ccc4cccnc34)nc2n1. The van der Waals surface area contributed by atoms with Gasteiger partial charge in [-0.2, -0.15) is 13.4 Å². The molecule has 4 rings (SSSR count). The first-order valence-corrected chi connectivity index (χ1v) is 9.17. The summed E-state index contributed by atoms with van der Waals surface area (Å²) in [6, 6.07) is 7.88. The molecule has 0 bridgehead atoms. The molecule has 1 aromatic carbocycles. The summed E-state index contributed by atoms with van der Waals surface area (Å²) in [5.41, 5.74) is 0.475. The average molecular weight is 384 g/mol. The maximum absolute atomic E-state index is 12.8. The fourth-order valence-electron chi connectivity index (χ4n) is 2.57. The van der Waals surface area contributed by atoms with Crippen molar-refractivity contribution in [1.82, 2.24) is 24.6 Å². The molecule has 11 heteroatoms. The highest BCUT2D eigenvalue weighted by Crippen LogP contribution is 2.28. The van der Waals surface area contributed by atoms with Crippen LogP contribution in [0.3, 0.4) is 0 Å². The number of nitrogens with zero attached hydrogens (tertiary/aromatic N) is 5. The molecule has 10 nitrogen and oxygen atoms in total. The van der Waals surface area contributed by atoms with Crippen LogP contribution in [0, 0.1) is 6.92 Å². The van der Waals surface area contributed by atoms with E-state index in [2.05, 4.69) is 24.8 Å². The summed E-state index contributed by atoms with van der Waals surface area (Å²) >= 11 is 0. The number of carboxylic acids is 1. The third-order valence-electron chi connectivity index (χ3n) is 3.81. The Hall–Kier alpha value is -3.60. The summed E-state index contributed by atoms with van der Waals surface area (Å²) in [4.78, 5) is 23.7. The minimum Gasteiger partial charge on any atom is -0.478 e. The molecule has 0 atom stereocenters. The summed E-state index contributed by atoms with van der Waals surface area (Å²) in [6.45, 7) is 1.74. The van der Waals surface area contributed by atoms with Crippen molar-refractivity contribution in [2.75, 3.05) is 4.72 Å². The molecule has 0 radical (unpaired) electrons. The average Bonchev–Trinajstić information content (AvgIpc) is 3.05. The van der Waals surface area contributed by atoms with E-state index < -0.39 is 21.1 Å². The van der Waals surface area contributed by atoms with Gasteiger partial charge in [0, 0.05) is 23.5 Å². The van der Waals surface area contributed by atoms with E-state index >= 15 is 0 Å². The van der Waals surface area contributed by atoms with E-state index in [0.717, 1.165) is 0 Å². The maximum atomic E-state index is 12.8. The highest BCUT2D eigenvalue weighted by molar-refractivity contribution is 7.92. The Balaban J connectivity index is 1.86.